The van der Waals surface area contributed by atoms with Crippen molar-refractivity contribution in [2.24, 2.45) is 0 Å². The Morgan fingerprint density at radius 1 is 1.50 bits per heavy atom. The summed E-state index contributed by atoms with van der Waals surface area (Å²) >= 11 is 1.59. The molecule has 1 aromatic carbocycles. The smallest absolute Gasteiger partial charge is 0.325 e. The van der Waals surface area contributed by atoms with Crippen molar-refractivity contribution in [3.63, 3.8) is 0 Å². The fourth-order valence-corrected chi connectivity index (χ4v) is 1.62. The second-order valence-corrected chi connectivity index (χ2v) is 3.75. The zero-order valence-electron chi connectivity index (χ0n) is 8.15. The molecule has 0 radical (unpaired) electrons. The van der Waals surface area contributed by atoms with Crippen LogP contribution in [-0.4, -0.2) is 23.4 Å². The van der Waals surface area contributed by atoms with Crippen LogP contribution >= 0.6 is 11.8 Å². The molecule has 0 aliphatic heterocycles. The predicted octanol–water partition coefficient (Wildman–Crippen LogP) is 2.29. The maximum absolute atomic E-state index is 10.6. The molecule has 0 heterocycles. The monoisotopic (exact) mass is 211 g/mol. The van der Waals surface area contributed by atoms with Gasteiger partial charge in [0.15, 0.2) is 0 Å². The van der Waals surface area contributed by atoms with E-state index in [9.17, 15) is 4.79 Å². The molecule has 1 rings (SSSR count). The van der Waals surface area contributed by atoms with Gasteiger partial charge in [-0.15, -0.1) is 11.8 Å². The number of hydrogen-bond acceptors (Lipinski definition) is 3. The van der Waals surface area contributed by atoms with Crippen molar-refractivity contribution in [3.05, 3.63) is 24.3 Å². The van der Waals surface area contributed by atoms with E-state index in [1.54, 1.807) is 18.7 Å². The molecule has 0 spiro atoms. The lowest BCUT2D eigenvalue weighted by molar-refractivity contribution is -0.137. The van der Waals surface area contributed by atoms with Gasteiger partial charge in [-0.1, -0.05) is 12.1 Å². The highest BCUT2D eigenvalue weighted by molar-refractivity contribution is 7.98. The first-order valence-electron chi connectivity index (χ1n) is 4.27. The Kier molecular flexibility index (Phi) is 3.83. The van der Waals surface area contributed by atoms with E-state index >= 15 is 0 Å². The Labute approximate surface area is 87.5 Å². The number of benzene rings is 1. The van der Waals surface area contributed by atoms with Gasteiger partial charge in [-0.05, 0) is 25.3 Å². The van der Waals surface area contributed by atoms with Gasteiger partial charge in [-0.25, -0.2) is 0 Å². The molecule has 2 N–H and O–H groups in total. The highest BCUT2D eigenvalue weighted by Gasteiger charge is 2.11. The summed E-state index contributed by atoms with van der Waals surface area (Å²) in [5.74, 6) is -0.846. The minimum absolute atomic E-state index is 0.566. The maximum atomic E-state index is 10.6. The van der Waals surface area contributed by atoms with Gasteiger partial charge in [0.1, 0.15) is 6.04 Å². The van der Waals surface area contributed by atoms with Gasteiger partial charge in [0, 0.05) is 10.6 Å². The van der Waals surface area contributed by atoms with E-state index in [-0.39, 0.29) is 0 Å². The van der Waals surface area contributed by atoms with E-state index in [0.717, 1.165) is 10.6 Å². The highest BCUT2D eigenvalue weighted by atomic mass is 32.2. The molecular formula is C10H13NO2S. The molecule has 0 aromatic heterocycles. The van der Waals surface area contributed by atoms with Crippen molar-refractivity contribution >= 4 is 23.4 Å². The summed E-state index contributed by atoms with van der Waals surface area (Å²) in [4.78, 5) is 11.7. The molecule has 76 valence electrons. The first-order chi connectivity index (χ1) is 6.65. The number of para-hydroxylation sites is 1. The molecule has 0 bridgehead atoms. The molecule has 3 nitrogen and oxygen atoms in total. The van der Waals surface area contributed by atoms with Crippen LogP contribution in [0.1, 0.15) is 6.92 Å². The summed E-state index contributed by atoms with van der Waals surface area (Å²) in [5.41, 5.74) is 0.870. The highest BCUT2D eigenvalue weighted by Crippen LogP contribution is 2.24. The van der Waals surface area contributed by atoms with Crippen LogP contribution in [0.5, 0.6) is 0 Å². The normalized spacial score (nSPS) is 12.1. The van der Waals surface area contributed by atoms with Gasteiger partial charge in [0.05, 0.1) is 0 Å². The van der Waals surface area contributed by atoms with Crippen molar-refractivity contribution in [1.29, 1.82) is 0 Å². The number of carboxylic acid groups (broad SMARTS) is 1. The van der Waals surface area contributed by atoms with Gasteiger partial charge in [0.25, 0.3) is 0 Å². The second-order valence-electron chi connectivity index (χ2n) is 2.90. The van der Waals surface area contributed by atoms with Gasteiger partial charge < -0.3 is 10.4 Å². The molecule has 0 saturated carbocycles. The van der Waals surface area contributed by atoms with Gasteiger partial charge in [0.2, 0.25) is 0 Å². The first kappa shape index (κ1) is 10.9. The van der Waals surface area contributed by atoms with Crippen LogP contribution < -0.4 is 5.32 Å². The van der Waals surface area contributed by atoms with Crippen LogP contribution in [0.4, 0.5) is 5.69 Å². The third-order valence-electron chi connectivity index (χ3n) is 1.85. The van der Waals surface area contributed by atoms with Crippen LogP contribution in [0.2, 0.25) is 0 Å². The van der Waals surface area contributed by atoms with E-state index in [4.69, 9.17) is 5.11 Å². The van der Waals surface area contributed by atoms with Crippen LogP contribution in [-0.2, 0) is 4.79 Å². The molecule has 14 heavy (non-hydrogen) atoms. The van der Waals surface area contributed by atoms with Crippen molar-refractivity contribution < 1.29 is 9.90 Å². The van der Waals surface area contributed by atoms with E-state index in [1.807, 2.05) is 30.5 Å². The molecule has 0 fully saturated rings. The predicted molar refractivity (Wildman–Crippen MR) is 58.9 cm³/mol. The third-order valence-corrected chi connectivity index (χ3v) is 2.65. The third kappa shape index (κ3) is 2.67. The number of aliphatic carboxylic acids is 1. The topological polar surface area (TPSA) is 49.3 Å². The van der Waals surface area contributed by atoms with E-state index in [2.05, 4.69) is 5.32 Å². The summed E-state index contributed by atoms with van der Waals surface area (Å²) in [6.07, 6.45) is 1.96. The minimum atomic E-state index is -0.846. The molecule has 4 heteroatoms. The van der Waals surface area contributed by atoms with E-state index < -0.39 is 12.0 Å². The Morgan fingerprint density at radius 2 is 2.14 bits per heavy atom. The van der Waals surface area contributed by atoms with Crippen LogP contribution in [0.15, 0.2) is 29.2 Å². The molecule has 0 unspecified atom stereocenters. The van der Waals surface area contributed by atoms with Gasteiger partial charge in [-0.3, -0.25) is 4.79 Å². The lowest BCUT2D eigenvalue weighted by atomic mass is 10.2. The maximum Gasteiger partial charge on any atom is 0.325 e. The van der Waals surface area contributed by atoms with Crippen molar-refractivity contribution in [3.8, 4) is 0 Å². The van der Waals surface area contributed by atoms with Crippen LogP contribution in [0, 0.1) is 0 Å². The quantitative estimate of drug-likeness (QED) is 0.750. The Hall–Kier alpha value is -1.16. The largest absolute Gasteiger partial charge is 0.480 e. The second kappa shape index (κ2) is 4.91. The lowest BCUT2D eigenvalue weighted by Gasteiger charge is -2.13. The number of thioether (sulfide) groups is 1. The summed E-state index contributed by atoms with van der Waals surface area (Å²) in [7, 11) is 0. The Morgan fingerprint density at radius 3 is 2.71 bits per heavy atom. The summed E-state index contributed by atoms with van der Waals surface area (Å²) in [5, 5.41) is 11.7. The minimum Gasteiger partial charge on any atom is -0.480 e. The average molecular weight is 211 g/mol. The first-order valence-corrected chi connectivity index (χ1v) is 5.50. The molecule has 0 saturated heterocycles. The summed E-state index contributed by atoms with van der Waals surface area (Å²) in [6.45, 7) is 1.62. The van der Waals surface area contributed by atoms with Gasteiger partial charge >= 0.3 is 5.97 Å². The standard InChI is InChI=1S/C10H13NO2S/c1-7(10(12)13)11-8-5-3-4-6-9(8)14-2/h3-7,11H,1-2H3,(H,12,13)/t7-/m1/s1. The SMILES string of the molecule is CSc1ccccc1N[C@H](C)C(=O)O. The fourth-order valence-electron chi connectivity index (χ4n) is 1.06. The average Bonchev–Trinajstić information content (AvgIpc) is 2.18. The van der Waals surface area contributed by atoms with Crippen molar-refractivity contribution in [2.75, 3.05) is 11.6 Å². The van der Waals surface area contributed by atoms with Crippen molar-refractivity contribution in [2.45, 2.75) is 17.9 Å². The molecule has 1 aromatic rings. The zero-order valence-corrected chi connectivity index (χ0v) is 8.97. The lowest BCUT2D eigenvalue weighted by Crippen LogP contribution is -2.25. The number of rotatable bonds is 4. The fraction of sp³-hybridized carbons (Fsp3) is 0.300. The molecule has 1 atom stereocenters. The number of hydrogen-bond donors (Lipinski definition) is 2. The number of carbonyl (C=O) groups is 1. The number of nitrogens with one attached hydrogen (secondary N) is 1. The summed E-state index contributed by atoms with van der Waals surface area (Å²) < 4.78 is 0. The molecule has 0 amide bonds. The van der Waals surface area contributed by atoms with E-state index in [1.165, 1.54) is 0 Å². The van der Waals surface area contributed by atoms with Crippen LogP contribution in [0.25, 0.3) is 0 Å². The van der Waals surface area contributed by atoms with Gasteiger partial charge in [-0.2, -0.15) is 0 Å². The Balaban J connectivity index is 2.80. The number of anilines is 1. The van der Waals surface area contributed by atoms with Crippen LogP contribution in [0.3, 0.4) is 0 Å². The van der Waals surface area contributed by atoms with E-state index in [0.29, 0.717) is 0 Å². The number of carboxylic acids is 1. The molecule has 0 aliphatic rings. The molecular weight excluding hydrogens is 198 g/mol. The summed E-state index contributed by atoms with van der Waals surface area (Å²) in [6, 6.07) is 7.09. The van der Waals surface area contributed by atoms with Crippen molar-refractivity contribution in [1.82, 2.24) is 0 Å². The Bertz CT molecular complexity index is 328. The molecule has 0 aliphatic carbocycles. The zero-order chi connectivity index (χ0) is 10.6.